The van der Waals surface area contributed by atoms with Crippen LogP contribution in [0.2, 0.25) is 0 Å². The molecule has 1 N–H and O–H groups in total. The van der Waals surface area contributed by atoms with Gasteiger partial charge in [-0.1, -0.05) is 49.6 Å². The van der Waals surface area contributed by atoms with Crippen molar-refractivity contribution in [3.8, 4) is 11.5 Å². The summed E-state index contributed by atoms with van der Waals surface area (Å²) in [5.74, 6) is -0.318. The van der Waals surface area contributed by atoms with E-state index < -0.39 is 5.82 Å². The number of hydrogen-bond acceptors (Lipinski definition) is 5. The van der Waals surface area contributed by atoms with E-state index in [0.29, 0.717) is 0 Å². The molecule has 5 nitrogen and oxygen atoms in total. The van der Waals surface area contributed by atoms with Gasteiger partial charge in [0.15, 0.2) is 0 Å². The zero-order chi connectivity index (χ0) is 17.6. The summed E-state index contributed by atoms with van der Waals surface area (Å²) in [6.45, 7) is 1.81. The predicted molar refractivity (Wildman–Crippen MR) is 94.6 cm³/mol. The van der Waals surface area contributed by atoms with Crippen molar-refractivity contribution in [3.63, 3.8) is 0 Å². The highest BCUT2D eigenvalue weighted by Crippen LogP contribution is 2.27. The van der Waals surface area contributed by atoms with E-state index in [1.54, 1.807) is 18.2 Å². The number of thioether (sulfide) groups is 1. The maximum Gasteiger partial charge on any atom is 0.277 e. The first-order valence-corrected chi connectivity index (χ1v) is 9.57. The molecule has 7 heteroatoms. The summed E-state index contributed by atoms with van der Waals surface area (Å²) in [4.78, 5) is 12.4. The number of nitrogens with zero attached hydrogens (tertiary/aromatic N) is 2. The Labute approximate surface area is 150 Å². The summed E-state index contributed by atoms with van der Waals surface area (Å²) < 4.78 is 19.3. The molecular weight excluding hydrogens is 341 g/mol. The molecule has 1 saturated carbocycles. The van der Waals surface area contributed by atoms with Crippen LogP contribution in [-0.4, -0.2) is 27.4 Å². The zero-order valence-electron chi connectivity index (χ0n) is 14.2. The third kappa shape index (κ3) is 4.81. The van der Waals surface area contributed by atoms with Gasteiger partial charge in [0.2, 0.25) is 5.91 Å². The number of benzene rings is 1. The Balaban J connectivity index is 1.58. The number of rotatable bonds is 5. The Kier molecular flexibility index (Phi) is 6.07. The second-order valence-corrected chi connectivity index (χ2v) is 7.60. The average Bonchev–Trinajstić information content (AvgIpc) is 2.90. The van der Waals surface area contributed by atoms with Gasteiger partial charge in [-0.05, 0) is 31.9 Å². The molecule has 0 radical (unpaired) electrons. The number of carbonyl (C=O) groups excluding carboxylic acids is 1. The van der Waals surface area contributed by atoms with Crippen LogP contribution in [0.4, 0.5) is 4.39 Å². The summed E-state index contributed by atoms with van der Waals surface area (Å²) in [5, 5.41) is 10.8. The van der Waals surface area contributed by atoms with Crippen LogP contribution in [0.5, 0.6) is 0 Å². The van der Waals surface area contributed by atoms with Crippen molar-refractivity contribution in [3.05, 3.63) is 30.1 Å². The molecule has 0 spiro atoms. The highest BCUT2D eigenvalue weighted by Gasteiger charge is 2.22. The average molecular weight is 363 g/mol. The van der Waals surface area contributed by atoms with Crippen molar-refractivity contribution in [2.75, 3.05) is 0 Å². The quantitative estimate of drug-likeness (QED) is 0.637. The van der Waals surface area contributed by atoms with Crippen molar-refractivity contribution in [2.24, 2.45) is 0 Å². The summed E-state index contributed by atoms with van der Waals surface area (Å²) in [7, 11) is 0. The Morgan fingerprint density at radius 1 is 1.24 bits per heavy atom. The van der Waals surface area contributed by atoms with Crippen molar-refractivity contribution < 1.29 is 13.6 Å². The molecule has 0 bridgehead atoms. The van der Waals surface area contributed by atoms with Crippen LogP contribution < -0.4 is 5.32 Å². The second kappa shape index (κ2) is 8.47. The number of aromatic nitrogens is 2. The Bertz CT molecular complexity index is 714. The SMILES string of the molecule is C[C@@H](Sc1nnc(-c2ccccc2F)o1)C(=O)NC1CCCCCC1. The number of nitrogens with one attached hydrogen (secondary N) is 1. The molecule has 0 aliphatic heterocycles. The van der Waals surface area contributed by atoms with Gasteiger partial charge in [-0.2, -0.15) is 0 Å². The molecule has 0 saturated heterocycles. The lowest BCUT2D eigenvalue weighted by atomic mass is 10.1. The number of hydrogen-bond donors (Lipinski definition) is 1. The van der Waals surface area contributed by atoms with Gasteiger partial charge in [0.1, 0.15) is 5.82 Å². The van der Waals surface area contributed by atoms with Gasteiger partial charge in [0.25, 0.3) is 11.1 Å². The maximum atomic E-state index is 13.8. The minimum absolute atomic E-state index is 0.0254. The monoisotopic (exact) mass is 363 g/mol. The van der Waals surface area contributed by atoms with E-state index in [1.807, 2.05) is 6.92 Å². The van der Waals surface area contributed by atoms with Crippen LogP contribution in [0, 0.1) is 5.82 Å². The highest BCUT2D eigenvalue weighted by molar-refractivity contribution is 8.00. The van der Waals surface area contributed by atoms with E-state index in [9.17, 15) is 9.18 Å². The first kappa shape index (κ1) is 17.9. The Morgan fingerprint density at radius 2 is 1.96 bits per heavy atom. The normalized spacial score (nSPS) is 17.0. The van der Waals surface area contributed by atoms with E-state index in [4.69, 9.17) is 4.42 Å². The summed E-state index contributed by atoms with van der Waals surface area (Å²) in [6.07, 6.45) is 6.92. The Hall–Kier alpha value is -1.89. The minimum Gasteiger partial charge on any atom is -0.411 e. The fourth-order valence-electron chi connectivity index (χ4n) is 2.95. The van der Waals surface area contributed by atoms with E-state index in [1.165, 1.54) is 43.5 Å². The number of halogens is 1. The van der Waals surface area contributed by atoms with E-state index in [-0.39, 0.29) is 33.9 Å². The van der Waals surface area contributed by atoms with Crippen molar-refractivity contribution in [1.82, 2.24) is 15.5 Å². The van der Waals surface area contributed by atoms with Gasteiger partial charge < -0.3 is 9.73 Å². The Morgan fingerprint density at radius 3 is 2.68 bits per heavy atom. The van der Waals surface area contributed by atoms with Gasteiger partial charge in [-0.3, -0.25) is 4.79 Å². The lowest BCUT2D eigenvalue weighted by Crippen LogP contribution is -2.39. The molecule has 2 aromatic rings. The van der Waals surface area contributed by atoms with Gasteiger partial charge in [-0.15, -0.1) is 10.2 Å². The lowest BCUT2D eigenvalue weighted by molar-refractivity contribution is -0.121. The van der Waals surface area contributed by atoms with Crippen molar-refractivity contribution in [2.45, 2.75) is 62.0 Å². The first-order chi connectivity index (χ1) is 12.1. The number of amides is 1. The summed E-state index contributed by atoms with van der Waals surface area (Å²) in [6, 6.07) is 6.49. The smallest absolute Gasteiger partial charge is 0.277 e. The minimum atomic E-state index is -0.415. The molecule has 1 aliphatic rings. The van der Waals surface area contributed by atoms with Crippen LogP contribution in [0.15, 0.2) is 33.9 Å². The molecule has 1 aromatic heterocycles. The van der Waals surface area contributed by atoms with Gasteiger partial charge in [-0.25, -0.2) is 4.39 Å². The van der Waals surface area contributed by atoms with Crippen molar-refractivity contribution >= 4 is 17.7 Å². The molecule has 1 fully saturated rings. The molecule has 25 heavy (non-hydrogen) atoms. The number of carbonyl (C=O) groups is 1. The molecule has 1 aliphatic carbocycles. The van der Waals surface area contributed by atoms with Crippen LogP contribution in [-0.2, 0) is 4.79 Å². The van der Waals surface area contributed by atoms with E-state index in [2.05, 4.69) is 15.5 Å². The second-order valence-electron chi connectivity index (χ2n) is 6.31. The van der Waals surface area contributed by atoms with Crippen LogP contribution >= 0.6 is 11.8 Å². The lowest BCUT2D eigenvalue weighted by Gasteiger charge is -2.18. The van der Waals surface area contributed by atoms with Gasteiger partial charge in [0.05, 0.1) is 10.8 Å². The molecule has 1 atom stereocenters. The van der Waals surface area contributed by atoms with Crippen LogP contribution in [0.25, 0.3) is 11.5 Å². The molecular formula is C18H22FN3O2S. The van der Waals surface area contributed by atoms with E-state index in [0.717, 1.165) is 12.8 Å². The fraction of sp³-hybridized carbons (Fsp3) is 0.500. The topological polar surface area (TPSA) is 68.0 Å². The van der Waals surface area contributed by atoms with Gasteiger partial charge >= 0.3 is 0 Å². The summed E-state index contributed by atoms with van der Waals surface area (Å²) in [5.41, 5.74) is 0.261. The first-order valence-electron chi connectivity index (χ1n) is 8.69. The standard InChI is InChI=1S/C18H22FN3O2S/c1-12(16(23)20-13-8-4-2-3-5-9-13)25-18-22-21-17(24-18)14-10-6-7-11-15(14)19/h6-7,10-13H,2-5,8-9H2,1H3,(H,20,23)/t12-/m1/s1. The van der Waals surface area contributed by atoms with Crippen LogP contribution in [0.1, 0.15) is 45.4 Å². The predicted octanol–water partition coefficient (Wildman–Crippen LogP) is 4.20. The van der Waals surface area contributed by atoms with Crippen LogP contribution in [0.3, 0.4) is 0 Å². The molecule has 1 heterocycles. The van der Waals surface area contributed by atoms with E-state index >= 15 is 0 Å². The largest absolute Gasteiger partial charge is 0.411 e. The molecule has 1 amide bonds. The summed E-state index contributed by atoms with van der Waals surface area (Å²) >= 11 is 1.19. The third-order valence-electron chi connectivity index (χ3n) is 4.36. The third-order valence-corrected chi connectivity index (χ3v) is 5.29. The van der Waals surface area contributed by atoms with Crippen molar-refractivity contribution in [1.29, 1.82) is 0 Å². The molecule has 1 aromatic carbocycles. The molecule has 0 unspecified atom stereocenters. The molecule has 134 valence electrons. The molecule has 3 rings (SSSR count). The maximum absolute atomic E-state index is 13.8. The van der Waals surface area contributed by atoms with Gasteiger partial charge in [0, 0.05) is 6.04 Å². The highest BCUT2D eigenvalue weighted by atomic mass is 32.2. The fourth-order valence-corrected chi connectivity index (χ4v) is 3.64. The zero-order valence-corrected chi connectivity index (χ0v) is 15.0.